The Morgan fingerprint density at radius 2 is 0.562 bits per heavy atom. The number of rotatable bonds is 0. The van der Waals surface area contributed by atoms with Crippen LogP contribution in [0.5, 0.6) is 0 Å². The molecule has 1 aliphatic carbocycles. The Kier molecular flexibility index (Phi) is 3.21. The zero-order valence-corrected chi connectivity index (χ0v) is 28.2. The van der Waals surface area contributed by atoms with Gasteiger partial charge in [-0.2, -0.15) is 0 Å². The first-order chi connectivity index (χ1) is 23.1. The summed E-state index contributed by atoms with van der Waals surface area (Å²) in [5.74, 6) is 1.15. The van der Waals surface area contributed by atoms with Crippen LogP contribution in [0, 0.1) is 0 Å². The lowest BCUT2D eigenvalue weighted by Gasteiger charge is -2.23. The topological polar surface area (TPSA) is 0 Å². The molecular formula is C46H27IN+. The molecule has 0 aromatic heterocycles. The zero-order chi connectivity index (χ0) is 30.0. The third-order valence-corrected chi connectivity index (χ3v) is 14.7. The van der Waals surface area contributed by atoms with Gasteiger partial charge < -0.3 is 4.48 Å². The molecule has 2 aliphatic rings. The molecule has 1 saturated heterocycles. The largest absolute Gasteiger partial charge is 0.327 e. The second-order valence-electron chi connectivity index (χ2n) is 16.5. The summed E-state index contributed by atoms with van der Waals surface area (Å²) in [6.07, 6.45) is 0. The number of fused-ring (bicyclic) bond motifs is 8. The van der Waals surface area contributed by atoms with Crippen LogP contribution in [0.2, 0.25) is 0 Å². The van der Waals surface area contributed by atoms with E-state index in [0.29, 0.717) is 11.8 Å². The van der Waals surface area contributed by atoms with Gasteiger partial charge in [-0.1, -0.05) is 78.5 Å². The third kappa shape index (κ3) is 1.77. The minimum absolute atomic E-state index is 0. The van der Waals surface area contributed by atoms with Crippen LogP contribution in [0.3, 0.4) is 0 Å². The highest BCUT2D eigenvalue weighted by molar-refractivity contribution is 14.1. The van der Waals surface area contributed by atoms with Crippen molar-refractivity contribution < 1.29 is 4.48 Å². The van der Waals surface area contributed by atoms with Crippen molar-refractivity contribution in [2.45, 2.75) is 19.3 Å². The number of hydrogen-bond acceptors (Lipinski definition) is 0. The van der Waals surface area contributed by atoms with Crippen LogP contribution in [0.25, 0.3) is 151 Å². The van der Waals surface area contributed by atoms with Crippen LogP contribution in [0.1, 0.15) is 30.4 Å². The maximum atomic E-state index is 2.57. The summed E-state index contributed by atoms with van der Waals surface area (Å²) in [5, 5.41) is 43.9. The van der Waals surface area contributed by atoms with Crippen LogP contribution in [-0.4, -0.2) is 36.6 Å². The number of likely N-dealkylation sites (tertiary alicyclic amines) is 1. The van der Waals surface area contributed by atoms with Crippen LogP contribution in [0.15, 0.2) is 48.5 Å². The third-order valence-electron chi connectivity index (χ3n) is 14.7. The van der Waals surface area contributed by atoms with Crippen LogP contribution >= 0.6 is 22.6 Å². The van der Waals surface area contributed by atoms with Crippen molar-refractivity contribution in [3.8, 4) is 0 Å². The molecule has 0 radical (unpaired) electrons. The normalized spacial score (nSPS) is 20.3. The van der Waals surface area contributed by atoms with Crippen LogP contribution in [-0.2, 0) is 0 Å². The minimum Gasteiger partial charge on any atom is -0.327 e. The zero-order valence-electron chi connectivity index (χ0n) is 26.0. The van der Waals surface area contributed by atoms with Crippen molar-refractivity contribution in [2.24, 2.45) is 0 Å². The van der Waals surface area contributed by atoms with E-state index in [1.54, 1.807) is 130 Å². The average Bonchev–Trinajstić information content (AvgIpc) is 3.92. The molecule has 15 aromatic carbocycles. The van der Waals surface area contributed by atoms with E-state index in [4.69, 9.17) is 0 Å². The van der Waals surface area contributed by atoms with Gasteiger partial charge in [0.05, 0.1) is 27.2 Å². The maximum Gasteiger partial charge on any atom is 0.0861 e. The molecule has 48 heavy (non-hydrogen) atoms. The number of nitrogens with zero attached hydrogens (tertiary/aromatic N) is 1. The molecular weight excluding hydrogens is 693 g/mol. The quantitative estimate of drug-likeness (QED) is 0.0633. The van der Waals surface area contributed by atoms with Gasteiger partial charge in [0, 0.05) is 11.8 Å². The van der Waals surface area contributed by atoms with Crippen molar-refractivity contribution in [2.75, 3.05) is 32.1 Å². The van der Waals surface area contributed by atoms with Crippen LogP contribution in [0.4, 0.5) is 0 Å². The van der Waals surface area contributed by atoms with E-state index in [9.17, 15) is 0 Å². The molecule has 1 heterocycles. The van der Waals surface area contributed by atoms with E-state index in [1.807, 2.05) is 4.93 Å². The monoisotopic (exact) mass is 720 g/mol. The molecule has 0 N–H and O–H groups in total. The van der Waals surface area contributed by atoms with Gasteiger partial charge in [0.25, 0.3) is 0 Å². The lowest BCUT2D eigenvalue weighted by Crippen LogP contribution is -2.36. The van der Waals surface area contributed by atoms with Gasteiger partial charge in [0.2, 0.25) is 0 Å². The van der Waals surface area contributed by atoms with Crippen molar-refractivity contribution in [1.82, 2.24) is 0 Å². The predicted molar refractivity (Wildman–Crippen MR) is 220 cm³/mol. The van der Waals surface area contributed by atoms with Crippen molar-refractivity contribution >= 4 is 173 Å². The lowest BCUT2D eigenvalue weighted by molar-refractivity contribution is -0.879. The molecule has 1 nitrogen and oxygen atoms in total. The van der Waals surface area contributed by atoms with Gasteiger partial charge in [-0.25, -0.2) is 0 Å². The second kappa shape index (κ2) is 6.42. The van der Waals surface area contributed by atoms with E-state index in [-0.39, 0.29) is 7.43 Å². The standard InChI is InChI=1S/C44H20N.CH3I.CH4/c1-45(2)11-21-22(12-45)24-20-10-8-18-16-6-4-14-13-3-5-15-17-7-9-19-23(21)33-34(24)39-32(20)30(18)37-28(16)26(14)35-25(13)27(15)36-29(17)31(19)38(33)43-41(36)40(35)42(37)44(39)43;1-2;/h3-10,21-22H,11-12H2,1-2H3;1H3;1H4/q+1;;. The van der Waals surface area contributed by atoms with Crippen molar-refractivity contribution in [3.63, 3.8) is 0 Å². The molecule has 2 heteroatoms. The second-order valence-corrected chi connectivity index (χ2v) is 16.5. The molecule has 0 saturated carbocycles. The number of quaternary nitrogens is 1. The fourth-order valence-electron chi connectivity index (χ4n) is 13.8. The number of likely N-dealkylation sites (N-methyl/N-ethyl adjacent to an activating group) is 1. The molecule has 2 atom stereocenters. The summed E-state index contributed by atoms with van der Waals surface area (Å²) in [7, 11) is 4.97. The molecule has 1 aliphatic heterocycles. The number of hydrogen-bond donors (Lipinski definition) is 0. The molecule has 17 rings (SSSR count). The van der Waals surface area contributed by atoms with Crippen molar-refractivity contribution in [1.29, 1.82) is 0 Å². The van der Waals surface area contributed by atoms with E-state index < -0.39 is 0 Å². The smallest absolute Gasteiger partial charge is 0.0861 e. The van der Waals surface area contributed by atoms with Gasteiger partial charge in [0.15, 0.2) is 0 Å². The first-order valence-corrected chi connectivity index (χ1v) is 19.4. The number of benzene rings is 9. The van der Waals surface area contributed by atoms with E-state index in [0.717, 1.165) is 4.48 Å². The summed E-state index contributed by atoms with van der Waals surface area (Å²) in [6.45, 7) is 2.46. The maximum absolute atomic E-state index is 2.57. The number of alkyl halides is 1. The first-order valence-electron chi connectivity index (χ1n) is 17.3. The summed E-state index contributed by atoms with van der Waals surface area (Å²) in [6, 6.07) is 20.1. The summed E-state index contributed by atoms with van der Waals surface area (Å²) in [5.41, 5.74) is 3.41. The van der Waals surface area contributed by atoms with Crippen molar-refractivity contribution in [3.05, 3.63) is 59.7 Å². The van der Waals surface area contributed by atoms with E-state index in [2.05, 4.69) is 85.2 Å². The lowest BCUT2D eigenvalue weighted by atomic mass is 9.76. The molecule has 2 unspecified atom stereocenters. The SMILES string of the molecule is C.CI.C[N+]1(C)CC2c3c4ccc5c6ccc7c8ccc9c%10ccc%11c(c%12c3c3c4c5c4c6c7c5c8c9c6c%10c%11c%12c7c3c4c5c67)C2C1. The Balaban J connectivity index is 0.000000789. The average molecular weight is 721 g/mol. The predicted octanol–water partition coefficient (Wildman–Crippen LogP) is 13.0. The van der Waals surface area contributed by atoms with Crippen LogP contribution < -0.4 is 0 Å². The minimum atomic E-state index is 0. The highest BCUT2D eigenvalue weighted by atomic mass is 127. The summed E-state index contributed by atoms with van der Waals surface area (Å²) >= 11 is 2.15. The molecule has 222 valence electrons. The molecule has 0 spiro atoms. The van der Waals surface area contributed by atoms with Gasteiger partial charge in [0.1, 0.15) is 0 Å². The molecule has 15 aromatic rings. The van der Waals surface area contributed by atoms with Gasteiger partial charge in [-0.05, 0) is 167 Å². The Morgan fingerprint density at radius 3 is 0.854 bits per heavy atom. The van der Waals surface area contributed by atoms with E-state index in [1.165, 1.54) is 45.4 Å². The molecule has 1 fully saturated rings. The Labute approximate surface area is 287 Å². The highest BCUT2D eigenvalue weighted by Gasteiger charge is 2.50. The highest BCUT2D eigenvalue weighted by Crippen LogP contribution is 2.70. The summed E-state index contributed by atoms with van der Waals surface area (Å²) < 4.78 is 1.11. The first kappa shape index (κ1) is 24.0. The van der Waals surface area contributed by atoms with Gasteiger partial charge >= 0.3 is 0 Å². The molecule has 0 amide bonds. The van der Waals surface area contributed by atoms with E-state index >= 15 is 0 Å². The Morgan fingerprint density at radius 1 is 0.354 bits per heavy atom. The number of halogens is 1. The van der Waals surface area contributed by atoms with Gasteiger partial charge in [-0.3, -0.25) is 0 Å². The fraction of sp³-hybridized carbons (Fsp3) is 0.174. The molecule has 0 bridgehead atoms. The summed E-state index contributed by atoms with van der Waals surface area (Å²) in [4.78, 5) is 1.97. The Hall–Kier alpha value is -4.25. The van der Waals surface area contributed by atoms with Gasteiger partial charge in [-0.15, -0.1) is 0 Å². The fourth-order valence-corrected chi connectivity index (χ4v) is 13.8. The Bertz CT molecular complexity index is 3550.